The first-order valence-electron chi connectivity index (χ1n) is 3.99. The Morgan fingerprint density at radius 3 is 2.55 bits per heavy atom. The number of methoxy groups -OCH3 is 1. The Bertz CT molecular complexity index is 209. The average molecular weight is 152 g/mol. The first kappa shape index (κ1) is 8.38. The van der Waals surface area contributed by atoms with Crippen molar-refractivity contribution in [3.63, 3.8) is 0 Å². The molecule has 0 spiro atoms. The lowest BCUT2D eigenvalue weighted by molar-refractivity contribution is 0.192. The summed E-state index contributed by atoms with van der Waals surface area (Å²) in [7, 11) is 1.74. The highest BCUT2D eigenvalue weighted by atomic mass is 16.5. The van der Waals surface area contributed by atoms with Gasteiger partial charge in [0.05, 0.1) is 7.11 Å². The van der Waals surface area contributed by atoms with Crippen molar-refractivity contribution in [2.75, 3.05) is 7.11 Å². The number of hydrogen-bond acceptors (Lipinski definition) is 1. The molecule has 0 saturated heterocycles. The molecule has 11 heavy (non-hydrogen) atoms. The van der Waals surface area contributed by atoms with Crippen LogP contribution in [0.15, 0.2) is 23.5 Å². The highest BCUT2D eigenvalue weighted by molar-refractivity contribution is 5.27. The van der Waals surface area contributed by atoms with Gasteiger partial charge < -0.3 is 4.74 Å². The predicted octanol–water partition coefficient (Wildman–Crippen LogP) is 2.89. The summed E-state index contributed by atoms with van der Waals surface area (Å²) in [4.78, 5) is 0. The molecule has 0 bridgehead atoms. The van der Waals surface area contributed by atoms with Crippen molar-refractivity contribution in [1.82, 2.24) is 0 Å². The van der Waals surface area contributed by atoms with E-state index in [0.717, 1.165) is 12.2 Å². The molecule has 0 amide bonds. The highest BCUT2D eigenvalue weighted by Crippen LogP contribution is 2.35. The van der Waals surface area contributed by atoms with E-state index < -0.39 is 0 Å². The Labute approximate surface area is 68.8 Å². The molecule has 1 aliphatic carbocycles. The first-order valence-corrected chi connectivity index (χ1v) is 3.99. The molecule has 1 aliphatic rings. The molecular weight excluding hydrogens is 136 g/mol. The third-order valence-electron chi connectivity index (χ3n) is 2.18. The number of rotatable bonds is 1. The van der Waals surface area contributed by atoms with Crippen molar-refractivity contribution in [3.05, 3.63) is 23.5 Å². The van der Waals surface area contributed by atoms with Crippen LogP contribution in [0.1, 0.15) is 27.2 Å². The van der Waals surface area contributed by atoms with Crippen LogP contribution in [0, 0.1) is 5.41 Å². The van der Waals surface area contributed by atoms with Gasteiger partial charge in [0, 0.05) is 5.41 Å². The molecule has 0 heterocycles. The van der Waals surface area contributed by atoms with Gasteiger partial charge in [0.15, 0.2) is 0 Å². The summed E-state index contributed by atoms with van der Waals surface area (Å²) in [5.41, 5.74) is 1.50. The standard InChI is InChI=1S/C10H16O/c1-8-5-6-10(2,3)9(7-8)11-4/h5,7H,6H2,1-4H3. The van der Waals surface area contributed by atoms with Gasteiger partial charge in [-0.25, -0.2) is 0 Å². The molecular formula is C10H16O. The Morgan fingerprint density at radius 2 is 2.09 bits per heavy atom. The van der Waals surface area contributed by atoms with Gasteiger partial charge in [-0.1, -0.05) is 25.5 Å². The van der Waals surface area contributed by atoms with Crippen LogP contribution in [-0.4, -0.2) is 7.11 Å². The summed E-state index contributed by atoms with van der Waals surface area (Å²) in [6.45, 7) is 6.50. The van der Waals surface area contributed by atoms with Crippen molar-refractivity contribution in [2.24, 2.45) is 5.41 Å². The van der Waals surface area contributed by atoms with Crippen LogP contribution in [0.2, 0.25) is 0 Å². The number of allylic oxidation sites excluding steroid dienone is 4. The summed E-state index contributed by atoms with van der Waals surface area (Å²) in [5.74, 6) is 1.09. The van der Waals surface area contributed by atoms with E-state index >= 15 is 0 Å². The molecule has 0 atom stereocenters. The lowest BCUT2D eigenvalue weighted by atomic mass is 9.82. The lowest BCUT2D eigenvalue weighted by Gasteiger charge is -2.28. The summed E-state index contributed by atoms with van der Waals surface area (Å²) in [6, 6.07) is 0. The van der Waals surface area contributed by atoms with Crippen LogP contribution >= 0.6 is 0 Å². The minimum Gasteiger partial charge on any atom is -0.501 e. The third kappa shape index (κ3) is 1.65. The van der Waals surface area contributed by atoms with Crippen molar-refractivity contribution in [3.8, 4) is 0 Å². The maximum Gasteiger partial charge on any atom is 0.102 e. The molecule has 0 N–H and O–H groups in total. The molecule has 1 heteroatoms. The van der Waals surface area contributed by atoms with Gasteiger partial charge in [0.1, 0.15) is 5.76 Å². The lowest BCUT2D eigenvalue weighted by Crippen LogP contribution is -2.17. The third-order valence-corrected chi connectivity index (χ3v) is 2.18. The van der Waals surface area contributed by atoms with Crippen LogP contribution in [0.4, 0.5) is 0 Å². The van der Waals surface area contributed by atoms with Crippen LogP contribution in [0.3, 0.4) is 0 Å². The zero-order chi connectivity index (χ0) is 8.48. The summed E-state index contributed by atoms with van der Waals surface area (Å²) in [6.07, 6.45) is 5.45. The average Bonchev–Trinajstić information content (AvgIpc) is 1.94. The number of hydrogen-bond donors (Lipinski definition) is 0. The minimum absolute atomic E-state index is 0.189. The molecule has 62 valence electrons. The van der Waals surface area contributed by atoms with E-state index in [-0.39, 0.29) is 5.41 Å². The maximum atomic E-state index is 5.30. The largest absolute Gasteiger partial charge is 0.501 e. The van der Waals surface area contributed by atoms with Crippen molar-refractivity contribution >= 4 is 0 Å². The van der Waals surface area contributed by atoms with E-state index in [9.17, 15) is 0 Å². The molecule has 0 aliphatic heterocycles. The molecule has 1 nitrogen and oxygen atoms in total. The SMILES string of the molecule is COC1=CC(C)=CCC1(C)C. The van der Waals surface area contributed by atoms with Gasteiger partial charge in [0.25, 0.3) is 0 Å². The quantitative estimate of drug-likeness (QED) is 0.561. The maximum absolute atomic E-state index is 5.30. The van der Waals surface area contributed by atoms with E-state index in [1.807, 2.05) is 0 Å². The molecule has 0 aromatic rings. The number of ether oxygens (including phenoxy) is 1. The van der Waals surface area contributed by atoms with Gasteiger partial charge in [-0.3, -0.25) is 0 Å². The molecule has 0 unspecified atom stereocenters. The van der Waals surface area contributed by atoms with Crippen LogP contribution in [-0.2, 0) is 4.74 Å². The molecule has 0 fully saturated rings. The Balaban J connectivity index is 2.89. The van der Waals surface area contributed by atoms with Crippen LogP contribution < -0.4 is 0 Å². The normalized spacial score (nSPS) is 22.2. The summed E-state index contributed by atoms with van der Waals surface area (Å²) in [5, 5.41) is 0. The second-order valence-electron chi connectivity index (χ2n) is 3.75. The zero-order valence-electron chi connectivity index (χ0n) is 7.77. The first-order chi connectivity index (χ1) is 5.06. The topological polar surface area (TPSA) is 9.23 Å². The highest BCUT2D eigenvalue weighted by Gasteiger charge is 2.25. The molecule has 1 rings (SSSR count). The minimum atomic E-state index is 0.189. The Hall–Kier alpha value is -0.720. The molecule has 0 radical (unpaired) electrons. The van der Waals surface area contributed by atoms with Crippen molar-refractivity contribution in [2.45, 2.75) is 27.2 Å². The monoisotopic (exact) mass is 152 g/mol. The van der Waals surface area contributed by atoms with E-state index in [1.165, 1.54) is 5.57 Å². The molecule has 0 aromatic heterocycles. The smallest absolute Gasteiger partial charge is 0.102 e. The van der Waals surface area contributed by atoms with E-state index in [1.54, 1.807) is 7.11 Å². The fraction of sp³-hybridized carbons (Fsp3) is 0.600. The Morgan fingerprint density at radius 1 is 1.45 bits per heavy atom. The van der Waals surface area contributed by atoms with Crippen molar-refractivity contribution < 1.29 is 4.74 Å². The fourth-order valence-electron chi connectivity index (χ4n) is 1.31. The summed E-state index contributed by atoms with van der Waals surface area (Å²) < 4.78 is 5.30. The van der Waals surface area contributed by atoms with E-state index in [4.69, 9.17) is 4.74 Å². The molecule has 0 saturated carbocycles. The predicted molar refractivity (Wildman–Crippen MR) is 47.2 cm³/mol. The van der Waals surface area contributed by atoms with Crippen molar-refractivity contribution in [1.29, 1.82) is 0 Å². The van der Waals surface area contributed by atoms with E-state index in [2.05, 4.69) is 32.9 Å². The molecule has 0 aromatic carbocycles. The second-order valence-corrected chi connectivity index (χ2v) is 3.75. The fourth-order valence-corrected chi connectivity index (χ4v) is 1.31. The summed E-state index contributed by atoms with van der Waals surface area (Å²) >= 11 is 0. The van der Waals surface area contributed by atoms with Gasteiger partial charge >= 0.3 is 0 Å². The van der Waals surface area contributed by atoms with Gasteiger partial charge in [-0.15, -0.1) is 0 Å². The second kappa shape index (κ2) is 2.72. The van der Waals surface area contributed by atoms with Gasteiger partial charge in [0.2, 0.25) is 0 Å². The van der Waals surface area contributed by atoms with Gasteiger partial charge in [-0.05, 0) is 19.4 Å². The van der Waals surface area contributed by atoms with Crippen LogP contribution in [0.5, 0.6) is 0 Å². The zero-order valence-corrected chi connectivity index (χ0v) is 7.77. The van der Waals surface area contributed by atoms with Gasteiger partial charge in [-0.2, -0.15) is 0 Å². The van der Waals surface area contributed by atoms with Crippen LogP contribution in [0.25, 0.3) is 0 Å². The Kier molecular flexibility index (Phi) is 2.08. The van der Waals surface area contributed by atoms with E-state index in [0.29, 0.717) is 0 Å².